The van der Waals surface area contributed by atoms with E-state index < -0.39 is 5.91 Å². The van der Waals surface area contributed by atoms with Gasteiger partial charge in [0.1, 0.15) is 18.2 Å². The zero-order chi connectivity index (χ0) is 26.2. The Morgan fingerprint density at radius 3 is 2.68 bits per heavy atom. The summed E-state index contributed by atoms with van der Waals surface area (Å²) in [7, 11) is 0. The molecule has 0 aliphatic carbocycles. The van der Waals surface area contributed by atoms with Crippen molar-refractivity contribution in [2.24, 2.45) is 0 Å². The van der Waals surface area contributed by atoms with Crippen LogP contribution in [0.15, 0.2) is 72.4 Å². The van der Waals surface area contributed by atoms with E-state index >= 15 is 0 Å². The van der Waals surface area contributed by atoms with Gasteiger partial charge >= 0.3 is 0 Å². The maximum absolute atomic E-state index is 12.7. The molecule has 6 nitrogen and oxygen atoms in total. The zero-order valence-corrected chi connectivity index (χ0v) is 23.0. The smallest absolute Gasteiger partial charge is 0.261 e. The molecule has 2 N–H and O–H groups in total. The molecule has 37 heavy (non-hydrogen) atoms. The predicted octanol–water partition coefficient (Wildman–Crippen LogP) is 6.32. The number of rotatable bonds is 10. The summed E-state index contributed by atoms with van der Waals surface area (Å²) in [6.45, 7) is 5.25. The number of amides is 1. The SMILES string of the molecule is CCOc1cc(/C=C(/C#N)C(=O)NCCc2c[nH]c3ccccc23)cc(I)c1OCc1ccc(C)cc1. The van der Waals surface area contributed by atoms with Crippen molar-refractivity contribution in [2.45, 2.75) is 26.9 Å². The van der Waals surface area contributed by atoms with Crippen molar-refractivity contribution in [1.29, 1.82) is 5.26 Å². The van der Waals surface area contributed by atoms with Crippen molar-refractivity contribution >= 4 is 45.5 Å². The number of hydrogen-bond donors (Lipinski definition) is 2. The minimum atomic E-state index is -0.407. The standard InChI is InChI=1S/C30H28IN3O3/c1-3-36-28-16-22(15-26(31)29(28)37-19-21-10-8-20(2)9-11-21)14-24(17-32)30(35)33-13-12-23-18-34-27-7-5-4-6-25(23)27/h4-11,14-16,18,34H,3,12-13,19H2,1-2H3,(H,33,35)/b24-14-. The second kappa shape index (κ2) is 12.5. The highest BCUT2D eigenvalue weighted by molar-refractivity contribution is 14.1. The Hall–Kier alpha value is -3.77. The average molecular weight is 605 g/mol. The van der Waals surface area contributed by atoms with E-state index in [1.165, 1.54) is 5.56 Å². The fourth-order valence-electron chi connectivity index (χ4n) is 3.97. The summed E-state index contributed by atoms with van der Waals surface area (Å²) in [4.78, 5) is 16.0. The monoisotopic (exact) mass is 605 g/mol. The quantitative estimate of drug-likeness (QED) is 0.126. The Labute approximate surface area is 230 Å². The van der Waals surface area contributed by atoms with E-state index in [0.717, 1.165) is 25.6 Å². The highest BCUT2D eigenvalue weighted by Crippen LogP contribution is 2.35. The zero-order valence-electron chi connectivity index (χ0n) is 20.8. The van der Waals surface area contributed by atoms with E-state index in [9.17, 15) is 10.1 Å². The molecule has 0 saturated heterocycles. The van der Waals surface area contributed by atoms with E-state index in [2.05, 4.69) is 51.1 Å². The summed E-state index contributed by atoms with van der Waals surface area (Å²) in [6, 6.07) is 21.9. The molecule has 1 heterocycles. The van der Waals surface area contributed by atoms with Gasteiger partial charge in [-0.25, -0.2) is 0 Å². The first-order valence-corrected chi connectivity index (χ1v) is 13.2. The maximum Gasteiger partial charge on any atom is 0.261 e. The summed E-state index contributed by atoms with van der Waals surface area (Å²) in [5.74, 6) is 0.807. The molecule has 0 saturated carbocycles. The number of halogens is 1. The molecule has 7 heteroatoms. The van der Waals surface area contributed by atoms with Crippen LogP contribution in [0.5, 0.6) is 11.5 Å². The van der Waals surface area contributed by atoms with Crippen molar-refractivity contribution in [2.75, 3.05) is 13.2 Å². The van der Waals surface area contributed by atoms with Crippen LogP contribution in [0.2, 0.25) is 0 Å². The molecule has 4 rings (SSSR count). The first kappa shape index (κ1) is 26.3. The Morgan fingerprint density at radius 2 is 1.92 bits per heavy atom. The molecule has 1 aromatic heterocycles. The number of hydrogen-bond acceptors (Lipinski definition) is 4. The minimum absolute atomic E-state index is 0.0329. The fourth-order valence-corrected chi connectivity index (χ4v) is 4.75. The van der Waals surface area contributed by atoms with Gasteiger partial charge in [0, 0.05) is 23.6 Å². The number of benzene rings is 3. The molecule has 0 aliphatic heterocycles. The van der Waals surface area contributed by atoms with Gasteiger partial charge in [0.25, 0.3) is 5.91 Å². The molecular formula is C30H28IN3O3. The van der Waals surface area contributed by atoms with Crippen LogP contribution in [0, 0.1) is 21.8 Å². The second-order valence-electron chi connectivity index (χ2n) is 8.57. The van der Waals surface area contributed by atoms with Crippen LogP contribution in [0.1, 0.15) is 29.2 Å². The van der Waals surface area contributed by atoms with Crippen LogP contribution < -0.4 is 14.8 Å². The van der Waals surface area contributed by atoms with Crippen LogP contribution >= 0.6 is 22.6 Å². The highest BCUT2D eigenvalue weighted by atomic mass is 127. The Kier molecular flexibility index (Phi) is 8.86. The fraction of sp³-hybridized carbons (Fsp3) is 0.200. The van der Waals surface area contributed by atoms with Gasteiger partial charge < -0.3 is 19.8 Å². The third-order valence-corrected chi connectivity index (χ3v) is 6.67. The summed E-state index contributed by atoms with van der Waals surface area (Å²) < 4.78 is 12.8. The highest BCUT2D eigenvalue weighted by Gasteiger charge is 2.15. The number of carbonyl (C=O) groups is 1. The van der Waals surface area contributed by atoms with E-state index in [1.807, 2.05) is 62.5 Å². The largest absolute Gasteiger partial charge is 0.490 e. The lowest BCUT2D eigenvalue weighted by Gasteiger charge is -2.15. The number of aromatic nitrogens is 1. The predicted molar refractivity (Wildman–Crippen MR) is 154 cm³/mol. The summed E-state index contributed by atoms with van der Waals surface area (Å²) >= 11 is 2.19. The first-order valence-electron chi connectivity index (χ1n) is 12.1. The number of nitriles is 1. The van der Waals surface area contributed by atoms with Gasteiger partial charge in [0.2, 0.25) is 0 Å². The number of fused-ring (bicyclic) bond motifs is 1. The van der Waals surface area contributed by atoms with Gasteiger partial charge in [0.05, 0.1) is 10.2 Å². The number of para-hydroxylation sites is 1. The molecular weight excluding hydrogens is 577 g/mol. The first-order chi connectivity index (χ1) is 18.0. The van der Waals surface area contributed by atoms with Crippen molar-refractivity contribution in [3.8, 4) is 17.6 Å². The van der Waals surface area contributed by atoms with Gasteiger partial charge in [-0.15, -0.1) is 0 Å². The van der Waals surface area contributed by atoms with Crippen molar-refractivity contribution in [3.63, 3.8) is 0 Å². The van der Waals surface area contributed by atoms with E-state index in [-0.39, 0.29) is 5.57 Å². The molecule has 0 bridgehead atoms. The van der Waals surface area contributed by atoms with Crippen LogP contribution in [0.3, 0.4) is 0 Å². The van der Waals surface area contributed by atoms with Gasteiger partial charge in [-0.05, 0) is 83.8 Å². The van der Waals surface area contributed by atoms with Gasteiger partial charge in [-0.3, -0.25) is 4.79 Å². The number of H-pyrrole nitrogens is 1. The number of aromatic amines is 1. The van der Waals surface area contributed by atoms with Gasteiger partial charge in [-0.2, -0.15) is 5.26 Å². The molecule has 188 valence electrons. The van der Waals surface area contributed by atoms with Gasteiger partial charge in [0.15, 0.2) is 11.5 Å². The maximum atomic E-state index is 12.7. The van der Waals surface area contributed by atoms with Crippen molar-refractivity contribution in [3.05, 3.63) is 98.3 Å². The van der Waals surface area contributed by atoms with Crippen LogP contribution in [0.25, 0.3) is 17.0 Å². The number of nitrogens with zero attached hydrogens (tertiary/aromatic N) is 1. The normalized spacial score (nSPS) is 11.2. The number of carbonyl (C=O) groups excluding carboxylic acids is 1. The lowest BCUT2D eigenvalue weighted by Crippen LogP contribution is -2.26. The lowest BCUT2D eigenvalue weighted by atomic mass is 10.1. The molecule has 0 fully saturated rings. The van der Waals surface area contributed by atoms with Gasteiger partial charge in [-0.1, -0.05) is 48.0 Å². The summed E-state index contributed by atoms with van der Waals surface area (Å²) in [5, 5.41) is 13.7. The average Bonchev–Trinajstić information content (AvgIpc) is 3.31. The van der Waals surface area contributed by atoms with Crippen LogP contribution in [-0.4, -0.2) is 24.0 Å². The molecule has 4 aromatic rings. The number of ether oxygens (including phenoxy) is 2. The molecule has 1 amide bonds. The molecule has 0 radical (unpaired) electrons. The second-order valence-corrected chi connectivity index (χ2v) is 9.73. The third kappa shape index (κ3) is 6.71. The molecule has 0 unspecified atom stereocenters. The summed E-state index contributed by atoms with van der Waals surface area (Å²) in [6.07, 6.45) is 4.20. The van der Waals surface area contributed by atoms with Crippen molar-refractivity contribution < 1.29 is 14.3 Å². The molecule has 0 aliphatic rings. The number of nitrogens with one attached hydrogen (secondary N) is 2. The topological polar surface area (TPSA) is 87.1 Å². The van der Waals surface area contributed by atoms with Crippen molar-refractivity contribution in [1.82, 2.24) is 10.3 Å². The minimum Gasteiger partial charge on any atom is -0.490 e. The van der Waals surface area contributed by atoms with E-state index in [4.69, 9.17) is 9.47 Å². The van der Waals surface area contributed by atoms with E-state index in [0.29, 0.717) is 43.2 Å². The molecule has 0 atom stereocenters. The van der Waals surface area contributed by atoms with E-state index in [1.54, 1.807) is 12.1 Å². The Balaban J connectivity index is 1.45. The van der Waals surface area contributed by atoms with Crippen LogP contribution in [-0.2, 0) is 17.8 Å². The Bertz CT molecular complexity index is 1470. The lowest BCUT2D eigenvalue weighted by molar-refractivity contribution is -0.117. The molecule has 0 spiro atoms. The summed E-state index contributed by atoms with van der Waals surface area (Å²) in [5.41, 5.74) is 5.16. The number of aryl methyl sites for hydroxylation is 1. The van der Waals surface area contributed by atoms with Crippen LogP contribution in [0.4, 0.5) is 0 Å². The Morgan fingerprint density at radius 1 is 1.14 bits per heavy atom. The third-order valence-electron chi connectivity index (χ3n) is 5.87. The molecule has 3 aromatic carbocycles.